The number of carbonyl (C=O) groups excluding carboxylic acids is 1. The standard InChI is InChI=1S/C19H33N5O/c1-8-24(9-2)17-20-13(3)10-15(22-17)16(25)21-14-11-18(4,5)23-19(6,7)12-14/h10,14,23H,8-9,11-12H2,1-7H3,(H,21,25). The van der Waals surface area contributed by atoms with E-state index >= 15 is 0 Å². The molecule has 1 amide bonds. The Kier molecular flexibility index (Phi) is 5.72. The Balaban J connectivity index is 2.18. The molecule has 25 heavy (non-hydrogen) atoms. The molecule has 1 aliphatic heterocycles. The highest BCUT2D eigenvalue weighted by atomic mass is 16.2. The Morgan fingerprint density at radius 2 is 1.76 bits per heavy atom. The molecule has 2 rings (SSSR count). The minimum atomic E-state index is -0.114. The van der Waals surface area contributed by atoms with Crippen LogP contribution in [-0.2, 0) is 0 Å². The monoisotopic (exact) mass is 347 g/mol. The third-order valence-electron chi connectivity index (χ3n) is 4.65. The van der Waals surface area contributed by atoms with Crippen molar-refractivity contribution in [1.29, 1.82) is 0 Å². The van der Waals surface area contributed by atoms with Crippen molar-refractivity contribution < 1.29 is 4.79 Å². The van der Waals surface area contributed by atoms with Crippen molar-refractivity contribution in [3.05, 3.63) is 17.5 Å². The smallest absolute Gasteiger partial charge is 0.270 e. The minimum Gasteiger partial charge on any atom is -0.348 e. The fraction of sp³-hybridized carbons (Fsp3) is 0.737. The molecular formula is C19H33N5O. The van der Waals surface area contributed by atoms with Crippen molar-refractivity contribution in [2.24, 2.45) is 0 Å². The molecule has 1 aromatic heterocycles. The van der Waals surface area contributed by atoms with E-state index in [4.69, 9.17) is 0 Å². The lowest BCUT2D eigenvalue weighted by atomic mass is 9.79. The van der Waals surface area contributed by atoms with Crippen molar-refractivity contribution in [1.82, 2.24) is 20.6 Å². The summed E-state index contributed by atoms with van der Waals surface area (Å²) in [5, 5.41) is 6.83. The number of aryl methyl sites for hydroxylation is 1. The molecule has 0 aromatic carbocycles. The van der Waals surface area contributed by atoms with Gasteiger partial charge in [-0.3, -0.25) is 4.79 Å². The summed E-state index contributed by atoms with van der Waals surface area (Å²) in [5.74, 6) is 0.513. The number of aromatic nitrogens is 2. The summed E-state index contributed by atoms with van der Waals surface area (Å²) in [7, 11) is 0. The number of hydrogen-bond acceptors (Lipinski definition) is 5. The first kappa shape index (κ1) is 19.6. The lowest BCUT2D eigenvalue weighted by Gasteiger charge is -2.46. The molecule has 1 fully saturated rings. The zero-order valence-corrected chi connectivity index (χ0v) is 16.7. The molecule has 0 radical (unpaired) electrons. The van der Waals surface area contributed by atoms with Gasteiger partial charge >= 0.3 is 0 Å². The zero-order chi connectivity index (χ0) is 18.8. The second-order valence-electron chi connectivity index (χ2n) is 8.34. The Hall–Kier alpha value is -1.69. The van der Waals surface area contributed by atoms with Gasteiger partial charge in [-0.25, -0.2) is 9.97 Å². The van der Waals surface area contributed by atoms with Crippen LogP contribution in [0.1, 0.15) is 70.6 Å². The zero-order valence-electron chi connectivity index (χ0n) is 16.7. The Morgan fingerprint density at radius 1 is 1.20 bits per heavy atom. The molecule has 0 spiro atoms. The van der Waals surface area contributed by atoms with E-state index in [-0.39, 0.29) is 23.0 Å². The summed E-state index contributed by atoms with van der Waals surface area (Å²) >= 11 is 0. The first-order chi connectivity index (χ1) is 11.5. The van der Waals surface area contributed by atoms with E-state index in [1.165, 1.54) is 0 Å². The number of anilines is 1. The minimum absolute atomic E-state index is 0.00628. The summed E-state index contributed by atoms with van der Waals surface area (Å²) in [6.45, 7) is 16.4. The quantitative estimate of drug-likeness (QED) is 0.857. The highest BCUT2D eigenvalue weighted by Gasteiger charge is 2.38. The molecule has 140 valence electrons. The lowest BCUT2D eigenvalue weighted by molar-refractivity contribution is 0.0868. The predicted octanol–water partition coefficient (Wildman–Crippen LogP) is 2.67. The van der Waals surface area contributed by atoms with Crippen LogP contribution in [0, 0.1) is 6.92 Å². The Bertz CT molecular complexity index is 606. The highest BCUT2D eigenvalue weighted by Crippen LogP contribution is 2.28. The molecule has 2 heterocycles. The highest BCUT2D eigenvalue weighted by molar-refractivity contribution is 5.92. The van der Waals surface area contributed by atoms with Crippen LogP contribution in [0.3, 0.4) is 0 Å². The third kappa shape index (κ3) is 5.14. The van der Waals surface area contributed by atoms with Crippen molar-refractivity contribution >= 4 is 11.9 Å². The van der Waals surface area contributed by atoms with Crippen LogP contribution in [0.25, 0.3) is 0 Å². The van der Waals surface area contributed by atoms with Gasteiger partial charge in [-0.2, -0.15) is 0 Å². The molecule has 6 nitrogen and oxygen atoms in total. The van der Waals surface area contributed by atoms with Gasteiger partial charge in [0, 0.05) is 35.9 Å². The second-order valence-corrected chi connectivity index (χ2v) is 8.34. The van der Waals surface area contributed by atoms with Gasteiger partial charge in [0.2, 0.25) is 5.95 Å². The van der Waals surface area contributed by atoms with E-state index in [0.717, 1.165) is 31.6 Å². The van der Waals surface area contributed by atoms with Gasteiger partial charge in [-0.15, -0.1) is 0 Å². The number of nitrogens with zero attached hydrogens (tertiary/aromatic N) is 3. The average Bonchev–Trinajstić information content (AvgIpc) is 2.44. The van der Waals surface area contributed by atoms with Gasteiger partial charge in [0.1, 0.15) is 5.69 Å². The van der Waals surface area contributed by atoms with Crippen LogP contribution < -0.4 is 15.5 Å². The van der Waals surface area contributed by atoms with E-state index in [2.05, 4.69) is 67.0 Å². The average molecular weight is 348 g/mol. The number of hydrogen-bond donors (Lipinski definition) is 2. The van der Waals surface area contributed by atoms with E-state index in [0.29, 0.717) is 11.6 Å². The van der Waals surface area contributed by atoms with Crippen LogP contribution in [-0.4, -0.2) is 46.1 Å². The van der Waals surface area contributed by atoms with Crippen molar-refractivity contribution in [2.45, 2.75) is 78.4 Å². The number of amides is 1. The molecule has 0 unspecified atom stereocenters. The summed E-state index contributed by atoms with van der Waals surface area (Å²) in [5.41, 5.74) is 1.25. The van der Waals surface area contributed by atoms with Gasteiger partial charge in [0.25, 0.3) is 5.91 Å². The van der Waals surface area contributed by atoms with Crippen LogP contribution in [0.4, 0.5) is 5.95 Å². The molecule has 0 bridgehead atoms. The van der Waals surface area contributed by atoms with Crippen molar-refractivity contribution in [3.63, 3.8) is 0 Å². The SMILES string of the molecule is CCN(CC)c1nc(C)cc(C(=O)NC2CC(C)(C)NC(C)(C)C2)n1. The number of carbonyl (C=O) groups is 1. The molecule has 0 atom stereocenters. The fourth-order valence-electron chi connectivity index (χ4n) is 4.00. The maximum Gasteiger partial charge on any atom is 0.270 e. The summed E-state index contributed by atoms with van der Waals surface area (Å²) in [6, 6.07) is 1.89. The first-order valence-corrected chi connectivity index (χ1v) is 9.26. The van der Waals surface area contributed by atoms with Crippen LogP contribution in [0.15, 0.2) is 6.07 Å². The van der Waals surface area contributed by atoms with Crippen LogP contribution in [0.2, 0.25) is 0 Å². The van der Waals surface area contributed by atoms with E-state index in [1.54, 1.807) is 6.07 Å². The number of nitrogens with one attached hydrogen (secondary N) is 2. The lowest BCUT2D eigenvalue weighted by Crippen LogP contribution is -2.62. The molecular weight excluding hydrogens is 314 g/mol. The maximum atomic E-state index is 12.8. The second kappa shape index (κ2) is 7.28. The molecule has 0 saturated carbocycles. The molecule has 1 saturated heterocycles. The summed E-state index contributed by atoms with van der Waals surface area (Å²) in [6.07, 6.45) is 1.80. The predicted molar refractivity (Wildman–Crippen MR) is 102 cm³/mol. The molecule has 2 N–H and O–H groups in total. The Morgan fingerprint density at radius 3 is 2.28 bits per heavy atom. The number of piperidine rings is 1. The van der Waals surface area contributed by atoms with Crippen LogP contribution in [0.5, 0.6) is 0 Å². The van der Waals surface area contributed by atoms with Crippen molar-refractivity contribution in [2.75, 3.05) is 18.0 Å². The first-order valence-electron chi connectivity index (χ1n) is 9.26. The molecule has 1 aliphatic rings. The van der Waals surface area contributed by atoms with Gasteiger partial charge in [0.05, 0.1) is 0 Å². The largest absolute Gasteiger partial charge is 0.348 e. The van der Waals surface area contributed by atoms with Gasteiger partial charge in [-0.05, 0) is 67.4 Å². The molecule has 0 aliphatic carbocycles. The summed E-state index contributed by atoms with van der Waals surface area (Å²) < 4.78 is 0. The van der Waals surface area contributed by atoms with E-state index < -0.39 is 0 Å². The molecule has 1 aromatic rings. The fourth-order valence-corrected chi connectivity index (χ4v) is 4.00. The third-order valence-corrected chi connectivity index (χ3v) is 4.65. The molecule has 6 heteroatoms. The number of rotatable bonds is 5. The Labute approximate surface area is 151 Å². The van der Waals surface area contributed by atoms with Gasteiger partial charge in [-0.1, -0.05) is 0 Å². The van der Waals surface area contributed by atoms with Crippen LogP contribution >= 0.6 is 0 Å². The summed E-state index contributed by atoms with van der Waals surface area (Å²) in [4.78, 5) is 23.8. The van der Waals surface area contributed by atoms with E-state index in [1.807, 2.05) is 6.92 Å². The van der Waals surface area contributed by atoms with E-state index in [9.17, 15) is 4.79 Å². The van der Waals surface area contributed by atoms with Gasteiger partial charge < -0.3 is 15.5 Å². The normalized spacial score (nSPS) is 19.5. The van der Waals surface area contributed by atoms with Crippen molar-refractivity contribution in [3.8, 4) is 0 Å². The topological polar surface area (TPSA) is 70.2 Å². The maximum absolute atomic E-state index is 12.8. The van der Waals surface area contributed by atoms with Gasteiger partial charge in [0.15, 0.2) is 0 Å².